The summed E-state index contributed by atoms with van der Waals surface area (Å²) in [6.07, 6.45) is 0. The fourth-order valence-corrected chi connectivity index (χ4v) is 3.09. The number of amides is 1. The minimum atomic E-state index is -0.411. The van der Waals surface area contributed by atoms with E-state index < -0.39 is 5.97 Å². The highest BCUT2D eigenvalue weighted by Crippen LogP contribution is 2.29. The van der Waals surface area contributed by atoms with Crippen LogP contribution in [-0.4, -0.2) is 23.5 Å². The van der Waals surface area contributed by atoms with E-state index in [1.54, 1.807) is 31.2 Å². The van der Waals surface area contributed by atoms with Crippen LogP contribution in [0.25, 0.3) is 0 Å². The average molecular weight is 384 g/mol. The highest BCUT2D eigenvalue weighted by Gasteiger charge is 2.22. The van der Waals surface area contributed by atoms with E-state index in [-0.39, 0.29) is 24.2 Å². The molecule has 2 aromatic rings. The van der Waals surface area contributed by atoms with Gasteiger partial charge in [0.25, 0.3) is 5.91 Å². The second-order valence-corrected chi connectivity index (χ2v) is 6.46. The molecular formula is C17H22ClN3O3S. The highest BCUT2D eigenvalue weighted by atomic mass is 35.5. The van der Waals surface area contributed by atoms with Crippen LogP contribution in [0.1, 0.15) is 58.0 Å². The lowest BCUT2D eigenvalue weighted by atomic mass is 10.1. The Bertz CT molecular complexity index is 729. The molecule has 8 heteroatoms. The molecule has 3 N–H and O–H groups in total. The molecule has 1 aromatic carbocycles. The average Bonchev–Trinajstić information content (AvgIpc) is 2.99. The molecule has 0 fully saturated rings. The summed E-state index contributed by atoms with van der Waals surface area (Å²) in [5.41, 5.74) is 7.64. The smallest absolute Gasteiger partial charge is 0.350 e. The number of anilines is 1. The summed E-state index contributed by atoms with van der Waals surface area (Å²) in [5.74, 6) is -0.639. The first-order chi connectivity index (χ1) is 11.5. The lowest BCUT2D eigenvalue weighted by Gasteiger charge is -2.04. The van der Waals surface area contributed by atoms with E-state index in [2.05, 4.69) is 10.3 Å². The van der Waals surface area contributed by atoms with E-state index in [1.807, 2.05) is 13.8 Å². The van der Waals surface area contributed by atoms with Crippen molar-refractivity contribution in [3.05, 3.63) is 46.0 Å². The molecular weight excluding hydrogens is 362 g/mol. The molecule has 0 spiro atoms. The van der Waals surface area contributed by atoms with E-state index in [9.17, 15) is 9.59 Å². The molecule has 25 heavy (non-hydrogen) atoms. The number of nitrogens with two attached hydrogens (primary N) is 1. The summed E-state index contributed by atoms with van der Waals surface area (Å²) in [6, 6.07) is 7.03. The third-order valence-electron chi connectivity index (χ3n) is 3.33. The summed E-state index contributed by atoms with van der Waals surface area (Å²) < 4.78 is 5.05. The van der Waals surface area contributed by atoms with Crippen LogP contribution in [0.4, 0.5) is 5.13 Å². The Hall–Kier alpha value is -1.96. The van der Waals surface area contributed by atoms with Gasteiger partial charge in [-0.05, 0) is 30.5 Å². The van der Waals surface area contributed by atoms with Gasteiger partial charge in [0.2, 0.25) is 0 Å². The van der Waals surface area contributed by atoms with Gasteiger partial charge in [0.05, 0.1) is 12.3 Å². The van der Waals surface area contributed by atoms with Crippen molar-refractivity contribution >= 4 is 40.8 Å². The predicted octanol–water partition coefficient (Wildman–Crippen LogP) is 3.58. The Balaban J connectivity index is 0.00000312. The molecule has 0 saturated carbocycles. The molecule has 1 aromatic heterocycles. The Morgan fingerprint density at radius 1 is 1.28 bits per heavy atom. The van der Waals surface area contributed by atoms with Gasteiger partial charge in [-0.25, -0.2) is 9.78 Å². The number of carbonyl (C=O) groups is 2. The number of hydrogen-bond donors (Lipinski definition) is 2. The van der Waals surface area contributed by atoms with Crippen molar-refractivity contribution in [1.29, 1.82) is 0 Å². The van der Waals surface area contributed by atoms with Gasteiger partial charge in [-0.15, -0.1) is 12.4 Å². The van der Waals surface area contributed by atoms with E-state index in [0.717, 1.165) is 16.9 Å². The number of benzene rings is 1. The number of halogens is 1. The first-order valence-corrected chi connectivity index (χ1v) is 8.56. The molecule has 0 atom stereocenters. The summed E-state index contributed by atoms with van der Waals surface area (Å²) in [6.45, 7) is 6.35. The number of aromatic nitrogens is 1. The van der Waals surface area contributed by atoms with Gasteiger partial charge in [0, 0.05) is 12.1 Å². The van der Waals surface area contributed by atoms with Crippen LogP contribution in [0.15, 0.2) is 24.3 Å². The number of rotatable bonds is 6. The van der Waals surface area contributed by atoms with Gasteiger partial charge in [-0.1, -0.05) is 37.3 Å². The zero-order valence-electron chi connectivity index (χ0n) is 14.4. The molecule has 0 aliphatic carbocycles. The van der Waals surface area contributed by atoms with Crippen molar-refractivity contribution in [3.8, 4) is 0 Å². The van der Waals surface area contributed by atoms with Gasteiger partial charge in [-0.2, -0.15) is 0 Å². The zero-order chi connectivity index (χ0) is 17.7. The number of thiazole rings is 1. The van der Waals surface area contributed by atoms with E-state index in [0.29, 0.717) is 34.4 Å². The molecule has 6 nitrogen and oxygen atoms in total. The number of ether oxygens (including phenoxy) is 1. The molecule has 0 bridgehead atoms. The molecule has 0 unspecified atom stereocenters. The normalized spacial score (nSPS) is 10.3. The van der Waals surface area contributed by atoms with E-state index >= 15 is 0 Å². The Morgan fingerprint density at radius 3 is 2.44 bits per heavy atom. The summed E-state index contributed by atoms with van der Waals surface area (Å²) in [4.78, 5) is 29.2. The molecule has 136 valence electrons. The third-order valence-corrected chi connectivity index (χ3v) is 4.30. The van der Waals surface area contributed by atoms with Gasteiger partial charge >= 0.3 is 5.97 Å². The fraction of sp³-hybridized carbons (Fsp3) is 0.353. The Labute approximate surface area is 157 Å². The topological polar surface area (TPSA) is 94.3 Å². The standard InChI is InChI=1S/C17H21N3O3S.ClH/c1-4-23-16(22)14-13(10(2)3)19-17(24-14)20-15(21)12-7-5-11(9-18)6-8-12;/h5-8,10H,4,9,18H2,1-3H3,(H,19,20,21);1H. The quantitative estimate of drug-likeness (QED) is 0.743. The van der Waals surface area contributed by atoms with E-state index in [4.69, 9.17) is 10.5 Å². The first kappa shape index (κ1) is 21.1. The SMILES string of the molecule is CCOC(=O)c1sc(NC(=O)c2ccc(CN)cc2)nc1C(C)C.Cl. The monoisotopic (exact) mass is 383 g/mol. The third kappa shape index (κ3) is 5.26. The van der Waals surface area contributed by atoms with Gasteiger partial charge < -0.3 is 10.5 Å². The molecule has 0 radical (unpaired) electrons. The van der Waals surface area contributed by atoms with Gasteiger partial charge in [-0.3, -0.25) is 10.1 Å². The van der Waals surface area contributed by atoms with Crippen molar-refractivity contribution in [2.24, 2.45) is 5.73 Å². The maximum absolute atomic E-state index is 12.3. The second kappa shape index (κ2) is 9.50. The first-order valence-electron chi connectivity index (χ1n) is 7.74. The van der Waals surface area contributed by atoms with Crippen LogP contribution in [0.2, 0.25) is 0 Å². The van der Waals surface area contributed by atoms with Crippen LogP contribution < -0.4 is 11.1 Å². The Morgan fingerprint density at radius 2 is 1.92 bits per heavy atom. The van der Waals surface area contributed by atoms with Crippen molar-refractivity contribution < 1.29 is 14.3 Å². The molecule has 0 aliphatic rings. The summed E-state index contributed by atoms with van der Waals surface area (Å²) in [7, 11) is 0. The van der Waals surface area contributed by atoms with Crippen molar-refractivity contribution in [2.45, 2.75) is 33.2 Å². The number of esters is 1. The van der Waals surface area contributed by atoms with E-state index in [1.165, 1.54) is 0 Å². The molecule has 2 rings (SSSR count). The van der Waals surface area contributed by atoms with Crippen LogP contribution >= 0.6 is 23.7 Å². The van der Waals surface area contributed by atoms with Crippen LogP contribution in [0.3, 0.4) is 0 Å². The Kier molecular flexibility index (Phi) is 8.02. The lowest BCUT2D eigenvalue weighted by molar-refractivity contribution is 0.0530. The van der Waals surface area contributed by atoms with Crippen LogP contribution in [-0.2, 0) is 11.3 Å². The summed E-state index contributed by atoms with van der Waals surface area (Å²) in [5, 5.41) is 3.12. The van der Waals surface area contributed by atoms with Crippen molar-refractivity contribution in [3.63, 3.8) is 0 Å². The molecule has 1 heterocycles. The van der Waals surface area contributed by atoms with Gasteiger partial charge in [0.1, 0.15) is 4.88 Å². The largest absolute Gasteiger partial charge is 0.462 e. The highest BCUT2D eigenvalue weighted by molar-refractivity contribution is 7.17. The maximum atomic E-state index is 12.3. The minimum absolute atomic E-state index is 0. The molecule has 1 amide bonds. The second-order valence-electron chi connectivity index (χ2n) is 5.46. The predicted molar refractivity (Wildman–Crippen MR) is 102 cm³/mol. The maximum Gasteiger partial charge on any atom is 0.350 e. The fourth-order valence-electron chi connectivity index (χ4n) is 2.08. The van der Waals surface area contributed by atoms with Crippen molar-refractivity contribution in [1.82, 2.24) is 4.98 Å². The van der Waals surface area contributed by atoms with Crippen molar-refractivity contribution in [2.75, 3.05) is 11.9 Å². The van der Waals surface area contributed by atoms with Crippen LogP contribution in [0.5, 0.6) is 0 Å². The molecule has 0 aliphatic heterocycles. The number of nitrogens with zero attached hydrogens (tertiary/aromatic N) is 1. The number of hydrogen-bond acceptors (Lipinski definition) is 6. The van der Waals surface area contributed by atoms with Crippen LogP contribution in [0, 0.1) is 0 Å². The minimum Gasteiger partial charge on any atom is -0.462 e. The summed E-state index contributed by atoms with van der Waals surface area (Å²) >= 11 is 1.13. The molecule has 0 saturated heterocycles. The number of nitrogens with one attached hydrogen (secondary N) is 1. The lowest BCUT2D eigenvalue weighted by Crippen LogP contribution is -2.12. The number of carbonyl (C=O) groups excluding carboxylic acids is 2. The van der Waals surface area contributed by atoms with Gasteiger partial charge in [0.15, 0.2) is 5.13 Å². The zero-order valence-corrected chi connectivity index (χ0v) is 16.0.